The van der Waals surface area contributed by atoms with E-state index < -0.39 is 0 Å². The molecule has 2 nitrogen and oxygen atoms in total. The Morgan fingerprint density at radius 1 is 1.19 bits per heavy atom. The van der Waals surface area contributed by atoms with Gasteiger partial charge in [0.1, 0.15) is 6.26 Å². The van der Waals surface area contributed by atoms with Crippen molar-refractivity contribution in [3.63, 3.8) is 0 Å². The molecule has 0 unspecified atom stereocenters. The molecule has 0 aliphatic carbocycles. The average Bonchev–Trinajstić information content (AvgIpc) is 2.83. The van der Waals surface area contributed by atoms with E-state index in [9.17, 15) is 4.79 Å². The van der Waals surface area contributed by atoms with Crippen molar-refractivity contribution >= 4 is 17.5 Å². The summed E-state index contributed by atoms with van der Waals surface area (Å²) in [5, 5.41) is 0. The molecule has 0 atom stereocenters. The summed E-state index contributed by atoms with van der Waals surface area (Å²) < 4.78 is 4.89. The van der Waals surface area contributed by atoms with Gasteiger partial charge in [-0.05, 0) is 36.1 Å². The Morgan fingerprint density at radius 2 is 1.94 bits per heavy atom. The van der Waals surface area contributed by atoms with Crippen molar-refractivity contribution in [2.75, 3.05) is 5.75 Å². The number of ketones is 1. The minimum atomic E-state index is 0.00167. The summed E-state index contributed by atoms with van der Waals surface area (Å²) >= 11 is 1.76. The Bertz CT molecular complexity index is 457. The van der Waals surface area contributed by atoms with E-state index in [1.807, 2.05) is 24.3 Å². The van der Waals surface area contributed by atoms with Crippen molar-refractivity contribution in [1.29, 1.82) is 0 Å². The van der Waals surface area contributed by atoms with Crippen molar-refractivity contribution < 1.29 is 9.21 Å². The van der Waals surface area contributed by atoms with Crippen molar-refractivity contribution in [2.24, 2.45) is 0 Å². The van der Waals surface area contributed by atoms with Crippen LogP contribution in [0.15, 0.2) is 52.2 Å². The number of thioether (sulfide) groups is 1. The fourth-order valence-electron chi connectivity index (χ4n) is 1.43. The van der Waals surface area contributed by atoms with Crippen molar-refractivity contribution in [3.8, 4) is 0 Å². The minimum absolute atomic E-state index is 0.00167. The Labute approximate surface area is 98.7 Å². The highest BCUT2D eigenvalue weighted by Gasteiger charge is 2.09. The van der Waals surface area contributed by atoms with Crippen molar-refractivity contribution in [2.45, 2.75) is 11.8 Å². The summed E-state index contributed by atoms with van der Waals surface area (Å²) in [6, 6.07) is 9.33. The van der Waals surface area contributed by atoms with Crippen molar-refractivity contribution in [1.82, 2.24) is 0 Å². The van der Waals surface area contributed by atoms with Gasteiger partial charge in [0.25, 0.3) is 0 Å². The SMILES string of the molecule is CCSc1ccc(C(=O)c2ccoc2)cc1. The zero-order chi connectivity index (χ0) is 11.4. The first kappa shape index (κ1) is 11.0. The zero-order valence-electron chi connectivity index (χ0n) is 8.97. The predicted octanol–water partition coefficient (Wildman–Crippen LogP) is 3.62. The van der Waals surface area contributed by atoms with E-state index in [4.69, 9.17) is 4.42 Å². The van der Waals surface area contributed by atoms with Crippen LogP contribution in [0.4, 0.5) is 0 Å². The van der Waals surface area contributed by atoms with Gasteiger partial charge in [0.2, 0.25) is 0 Å². The van der Waals surface area contributed by atoms with Gasteiger partial charge in [0.15, 0.2) is 5.78 Å². The maximum Gasteiger partial charge on any atom is 0.196 e. The topological polar surface area (TPSA) is 30.2 Å². The van der Waals surface area contributed by atoms with Gasteiger partial charge in [-0.3, -0.25) is 4.79 Å². The first-order chi connectivity index (χ1) is 7.81. The van der Waals surface area contributed by atoms with Gasteiger partial charge in [-0.1, -0.05) is 6.92 Å². The lowest BCUT2D eigenvalue weighted by atomic mass is 10.1. The van der Waals surface area contributed by atoms with Gasteiger partial charge in [-0.25, -0.2) is 0 Å². The van der Waals surface area contributed by atoms with Gasteiger partial charge in [-0.15, -0.1) is 11.8 Å². The maximum atomic E-state index is 11.9. The summed E-state index contributed by atoms with van der Waals surface area (Å²) in [5.74, 6) is 1.04. The third-order valence-electron chi connectivity index (χ3n) is 2.21. The number of furan rings is 1. The Morgan fingerprint density at radius 3 is 2.50 bits per heavy atom. The van der Waals surface area contributed by atoms with E-state index in [1.54, 1.807) is 17.8 Å². The van der Waals surface area contributed by atoms with Crippen LogP contribution in [0.1, 0.15) is 22.8 Å². The normalized spacial score (nSPS) is 10.3. The monoisotopic (exact) mass is 232 g/mol. The molecule has 0 spiro atoms. The molecule has 0 amide bonds. The fraction of sp³-hybridized carbons (Fsp3) is 0.154. The smallest absolute Gasteiger partial charge is 0.196 e. The summed E-state index contributed by atoms with van der Waals surface area (Å²) in [4.78, 5) is 13.1. The maximum absolute atomic E-state index is 11.9. The van der Waals surface area contributed by atoms with E-state index in [2.05, 4.69) is 6.92 Å². The molecule has 1 aromatic heterocycles. The molecule has 0 radical (unpaired) electrons. The molecule has 16 heavy (non-hydrogen) atoms. The van der Waals surface area contributed by atoms with E-state index in [-0.39, 0.29) is 5.78 Å². The predicted molar refractivity (Wildman–Crippen MR) is 65.0 cm³/mol. The standard InChI is InChI=1S/C13H12O2S/c1-2-16-12-5-3-10(4-6-12)13(14)11-7-8-15-9-11/h3-9H,2H2,1H3. The summed E-state index contributed by atoms with van der Waals surface area (Å²) in [6.07, 6.45) is 2.98. The molecule has 0 fully saturated rings. The molecule has 82 valence electrons. The number of carbonyl (C=O) groups excluding carboxylic acids is 1. The first-order valence-corrected chi connectivity index (χ1v) is 6.09. The molecular weight excluding hydrogens is 220 g/mol. The molecule has 0 bridgehead atoms. The molecule has 0 saturated heterocycles. The second kappa shape index (κ2) is 5.03. The van der Waals surface area contributed by atoms with Crippen LogP contribution in [0.2, 0.25) is 0 Å². The molecule has 0 aliphatic heterocycles. The number of hydrogen-bond donors (Lipinski definition) is 0. The third-order valence-corrected chi connectivity index (χ3v) is 3.11. The van der Waals surface area contributed by atoms with Gasteiger partial charge >= 0.3 is 0 Å². The van der Waals surface area contributed by atoms with Gasteiger partial charge in [-0.2, -0.15) is 0 Å². The summed E-state index contributed by atoms with van der Waals surface area (Å²) in [7, 11) is 0. The number of benzene rings is 1. The molecule has 0 saturated carbocycles. The summed E-state index contributed by atoms with van der Waals surface area (Å²) in [5.41, 5.74) is 1.29. The largest absolute Gasteiger partial charge is 0.472 e. The Hall–Kier alpha value is -1.48. The average molecular weight is 232 g/mol. The van der Waals surface area contributed by atoms with E-state index in [0.717, 1.165) is 5.75 Å². The molecule has 0 N–H and O–H groups in total. The lowest BCUT2D eigenvalue weighted by Crippen LogP contribution is -1.98. The van der Waals surface area contributed by atoms with E-state index in [0.29, 0.717) is 11.1 Å². The lowest BCUT2D eigenvalue weighted by molar-refractivity contribution is 0.103. The molecule has 2 rings (SSSR count). The number of rotatable bonds is 4. The van der Waals surface area contributed by atoms with Crippen LogP contribution in [0, 0.1) is 0 Å². The summed E-state index contributed by atoms with van der Waals surface area (Å²) in [6.45, 7) is 2.11. The van der Waals surface area contributed by atoms with Gasteiger partial charge in [0.05, 0.1) is 11.8 Å². The van der Waals surface area contributed by atoms with Crippen LogP contribution in [0.5, 0.6) is 0 Å². The number of carbonyl (C=O) groups is 1. The molecule has 3 heteroatoms. The van der Waals surface area contributed by atoms with Crippen LogP contribution in [0.25, 0.3) is 0 Å². The third kappa shape index (κ3) is 2.36. The highest BCUT2D eigenvalue weighted by Crippen LogP contribution is 2.19. The van der Waals surface area contributed by atoms with Crippen LogP contribution in [-0.2, 0) is 0 Å². The lowest BCUT2D eigenvalue weighted by Gasteiger charge is -2.00. The molecular formula is C13H12O2S. The molecule has 0 aliphatic rings. The van der Waals surface area contributed by atoms with Crippen LogP contribution in [-0.4, -0.2) is 11.5 Å². The first-order valence-electron chi connectivity index (χ1n) is 5.11. The Balaban J connectivity index is 2.19. The van der Waals surface area contributed by atoms with Crippen molar-refractivity contribution in [3.05, 3.63) is 54.0 Å². The fourth-order valence-corrected chi connectivity index (χ4v) is 2.09. The molecule has 2 aromatic rings. The van der Waals surface area contributed by atoms with Crippen LogP contribution >= 0.6 is 11.8 Å². The molecule has 1 aromatic carbocycles. The highest BCUT2D eigenvalue weighted by atomic mass is 32.2. The quantitative estimate of drug-likeness (QED) is 0.595. The Kier molecular flexibility index (Phi) is 3.47. The van der Waals surface area contributed by atoms with E-state index >= 15 is 0 Å². The van der Waals surface area contributed by atoms with Crippen LogP contribution < -0.4 is 0 Å². The van der Waals surface area contributed by atoms with Gasteiger partial charge < -0.3 is 4.42 Å². The molecule has 1 heterocycles. The minimum Gasteiger partial charge on any atom is -0.472 e. The second-order valence-corrected chi connectivity index (χ2v) is 4.64. The number of hydrogen-bond acceptors (Lipinski definition) is 3. The van der Waals surface area contributed by atoms with Gasteiger partial charge in [0, 0.05) is 10.5 Å². The zero-order valence-corrected chi connectivity index (χ0v) is 9.79. The second-order valence-electron chi connectivity index (χ2n) is 3.30. The highest BCUT2D eigenvalue weighted by molar-refractivity contribution is 7.99. The van der Waals surface area contributed by atoms with E-state index in [1.165, 1.54) is 17.4 Å². The van der Waals surface area contributed by atoms with Crippen LogP contribution in [0.3, 0.4) is 0 Å².